The summed E-state index contributed by atoms with van der Waals surface area (Å²) in [6, 6.07) is 0. The van der Waals surface area contributed by atoms with Crippen molar-refractivity contribution in [3.8, 4) is 0 Å². The summed E-state index contributed by atoms with van der Waals surface area (Å²) in [6.07, 6.45) is -0.687. The third-order valence-corrected chi connectivity index (χ3v) is 4.99. The standard InChI is InChI=1S/C21H38BrNO7.C5H10O2/c1-19(2,3)16(24)28-12-11-27-14(22)13-15(29-17(25)20(4,5)6)23(10)30-18(26)21(7,8)9;1-5(2,3)4(6)7/h14-15H,11-13H2,1-10H3;1-3H3,(H,6,7)/t14-,15+;/m0./s1. The summed E-state index contributed by atoms with van der Waals surface area (Å²) in [5.74, 6) is -1.97. The van der Waals surface area contributed by atoms with Gasteiger partial charge in [0, 0.05) is 13.5 Å². The summed E-state index contributed by atoms with van der Waals surface area (Å²) >= 11 is 3.38. The number of esters is 2. The SMILES string of the molecule is CC(C)(C)C(=O)O.CN(OC(=O)C(C)(C)C)[C@@H](C[C@@H](Br)OCCOC(=O)C(C)(C)C)OC(=O)C(C)(C)C. The van der Waals surface area contributed by atoms with Gasteiger partial charge in [-0.25, -0.2) is 4.79 Å². The third kappa shape index (κ3) is 17.4. The largest absolute Gasteiger partial charge is 0.481 e. The first-order valence-corrected chi connectivity index (χ1v) is 13.0. The quantitative estimate of drug-likeness (QED) is 0.125. The zero-order valence-electron chi connectivity index (χ0n) is 24.8. The Labute approximate surface area is 230 Å². The Kier molecular flexibility index (Phi) is 15.2. The maximum absolute atomic E-state index is 12.4. The Hall–Kier alpha value is -1.72. The van der Waals surface area contributed by atoms with Crippen LogP contribution in [0, 0.1) is 21.7 Å². The van der Waals surface area contributed by atoms with Gasteiger partial charge in [-0.1, -0.05) is 15.9 Å². The molecule has 0 aromatic heterocycles. The number of halogens is 1. The van der Waals surface area contributed by atoms with E-state index in [0.29, 0.717) is 0 Å². The van der Waals surface area contributed by atoms with Gasteiger partial charge < -0.3 is 24.2 Å². The zero-order chi connectivity index (χ0) is 30.0. The summed E-state index contributed by atoms with van der Waals surface area (Å²) in [7, 11) is 1.52. The molecule has 0 saturated carbocycles. The molecule has 0 rings (SSSR count). The second-order valence-electron chi connectivity index (χ2n) is 12.7. The molecule has 0 aliphatic rings. The average Bonchev–Trinajstić information content (AvgIpc) is 2.67. The van der Waals surface area contributed by atoms with Crippen molar-refractivity contribution in [3.05, 3.63) is 0 Å². The maximum Gasteiger partial charge on any atom is 0.330 e. The van der Waals surface area contributed by atoms with E-state index in [1.807, 2.05) is 0 Å². The predicted octanol–water partition coefficient (Wildman–Crippen LogP) is 5.17. The highest BCUT2D eigenvalue weighted by Crippen LogP contribution is 2.23. The van der Waals surface area contributed by atoms with E-state index >= 15 is 0 Å². The molecule has 0 heterocycles. The normalized spacial score (nSPS) is 14.1. The number of hydrogen-bond donors (Lipinski definition) is 1. The lowest BCUT2D eigenvalue weighted by Gasteiger charge is -2.31. The molecule has 0 radical (unpaired) electrons. The molecule has 0 saturated heterocycles. The van der Waals surface area contributed by atoms with E-state index in [9.17, 15) is 19.2 Å². The second kappa shape index (κ2) is 15.0. The summed E-state index contributed by atoms with van der Waals surface area (Å²) in [5.41, 5.74) is -2.61. The van der Waals surface area contributed by atoms with E-state index < -0.39 is 50.8 Å². The molecule has 11 heteroatoms. The summed E-state index contributed by atoms with van der Waals surface area (Å²) in [5, 5.41) is 8.94. The fraction of sp³-hybridized carbons (Fsp3) is 0.846. The number of rotatable bonds is 9. The summed E-state index contributed by atoms with van der Waals surface area (Å²) < 4.78 is 16.3. The Bertz CT molecular complexity index is 756. The first-order chi connectivity index (χ1) is 16.3. The van der Waals surface area contributed by atoms with E-state index in [2.05, 4.69) is 15.9 Å². The molecule has 0 bridgehead atoms. The fourth-order valence-corrected chi connectivity index (χ4v) is 2.16. The van der Waals surface area contributed by atoms with Crippen LogP contribution in [0.3, 0.4) is 0 Å². The molecular formula is C26H48BrNO9. The van der Waals surface area contributed by atoms with Crippen LogP contribution in [0.25, 0.3) is 0 Å². The van der Waals surface area contributed by atoms with Gasteiger partial charge in [0.05, 0.1) is 28.3 Å². The van der Waals surface area contributed by atoms with Gasteiger partial charge in [-0.3, -0.25) is 14.4 Å². The van der Waals surface area contributed by atoms with Gasteiger partial charge >= 0.3 is 23.9 Å². The Morgan fingerprint density at radius 1 is 0.730 bits per heavy atom. The Balaban J connectivity index is 0. The molecule has 0 aromatic carbocycles. The van der Waals surface area contributed by atoms with Crippen LogP contribution < -0.4 is 0 Å². The van der Waals surface area contributed by atoms with Gasteiger partial charge in [-0.05, 0) is 83.1 Å². The number of carbonyl (C=O) groups excluding carboxylic acids is 3. The number of carbonyl (C=O) groups is 4. The molecule has 10 nitrogen and oxygen atoms in total. The number of nitrogens with zero attached hydrogens (tertiary/aromatic N) is 1. The predicted molar refractivity (Wildman–Crippen MR) is 143 cm³/mol. The van der Waals surface area contributed by atoms with E-state index in [4.69, 9.17) is 24.2 Å². The molecule has 218 valence electrons. The van der Waals surface area contributed by atoms with Crippen molar-refractivity contribution in [2.75, 3.05) is 20.3 Å². The summed E-state index contributed by atoms with van der Waals surface area (Å²) in [6.45, 7) is 20.9. The van der Waals surface area contributed by atoms with Crippen LogP contribution in [0.5, 0.6) is 0 Å². The van der Waals surface area contributed by atoms with E-state index in [0.717, 1.165) is 0 Å². The van der Waals surface area contributed by atoms with Crippen LogP contribution in [-0.4, -0.2) is 65.5 Å². The molecule has 0 unspecified atom stereocenters. The second-order valence-corrected chi connectivity index (χ2v) is 13.8. The first kappa shape index (κ1) is 37.4. The van der Waals surface area contributed by atoms with Gasteiger partial charge in [0.2, 0.25) is 0 Å². The Morgan fingerprint density at radius 2 is 1.14 bits per heavy atom. The smallest absolute Gasteiger partial charge is 0.330 e. The van der Waals surface area contributed by atoms with E-state index in [1.54, 1.807) is 83.1 Å². The topological polar surface area (TPSA) is 129 Å². The minimum absolute atomic E-state index is 0.0967. The number of ether oxygens (including phenoxy) is 3. The van der Waals surface area contributed by atoms with Crippen LogP contribution >= 0.6 is 15.9 Å². The van der Waals surface area contributed by atoms with Gasteiger partial charge in [-0.2, -0.15) is 0 Å². The van der Waals surface area contributed by atoms with Crippen molar-refractivity contribution in [2.45, 2.75) is 101 Å². The number of alkyl halides is 1. The maximum atomic E-state index is 12.4. The molecule has 0 aromatic rings. The minimum Gasteiger partial charge on any atom is -0.481 e. The molecule has 2 atom stereocenters. The van der Waals surface area contributed by atoms with Gasteiger partial charge in [0.15, 0.2) is 6.23 Å². The van der Waals surface area contributed by atoms with Gasteiger partial charge in [0.25, 0.3) is 0 Å². The van der Waals surface area contributed by atoms with Crippen LogP contribution in [0.2, 0.25) is 0 Å². The van der Waals surface area contributed by atoms with Crippen molar-refractivity contribution in [3.63, 3.8) is 0 Å². The van der Waals surface area contributed by atoms with Gasteiger partial charge in [0.1, 0.15) is 11.6 Å². The van der Waals surface area contributed by atoms with Crippen LogP contribution in [0.4, 0.5) is 0 Å². The number of hydrogen-bond acceptors (Lipinski definition) is 9. The molecule has 0 amide bonds. The third-order valence-electron chi connectivity index (χ3n) is 4.36. The van der Waals surface area contributed by atoms with E-state index in [1.165, 1.54) is 12.1 Å². The van der Waals surface area contributed by atoms with Crippen molar-refractivity contribution in [1.82, 2.24) is 5.06 Å². The lowest BCUT2D eigenvalue weighted by molar-refractivity contribution is -0.244. The molecule has 37 heavy (non-hydrogen) atoms. The lowest BCUT2D eigenvalue weighted by Crippen LogP contribution is -2.43. The highest BCUT2D eigenvalue weighted by atomic mass is 79.9. The van der Waals surface area contributed by atoms with Crippen LogP contribution in [0.15, 0.2) is 0 Å². The van der Waals surface area contributed by atoms with Crippen molar-refractivity contribution in [2.24, 2.45) is 21.7 Å². The molecule has 0 fully saturated rings. The number of carboxylic acids is 1. The van der Waals surface area contributed by atoms with Crippen LogP contribution in [0.1, 0.15) is 89.5 Å². The van der Waals surface area contributed by atoms with Crippen molar-refractivity contribution in [1.29, 1.82) is 0 Å². The number of carboxylic acid groups (broad SMARTS) is 1. The van der Waals surface area contributed by atoms with E-state index in [-0.39, 0.29) is 25.6 Å². The Morgan fingerprint density at radius 3 is 1.49 bits per heavy atom. The number of hydroxylamine groups is 2. The lowest BCUT2D eigenvalue weighted by atomic mass is 9.97. The molecule has 0 aliphatic heterocycles. The molecule has 0 aliphatic carbocycles. The highest BCUT2D eigenvalue weighted by Gasteiger charge is 2.33. The fourth-order valence-electron chi connectivity index (χ4n) is 1.65. The summed E-state index contributed by atoms with van der Waals surface area (Å²) in [4.78, 5) is 51.7. The zero-order valence-corrected chi connectivity index (χ0v) is 26.4. The van der Waals surface area contributed by atoms with Crippen molar-refractivity contribution >= 4 is 39.8 Å². The first-order valence-electron chi connectivity index (χ1n) is 12.1. The van der Waals surface area contributed by atoms with Crippen LogP contribution in [-0.2, 0) is 38.2 Å². The highest BCUT2D eigenvalue weighted by molar-refractivity contribution is 9.09. The molecular weight excluding hydrogens is 550 g/mol. The molecule has 1 N–H and O–H groups in total. The molecule has 0 spiro atoms. The van der Waals surface area contributed by atoms with Gasteiger partial charge in [-0.15, -0.1) is 5.06 Å². The average molecular weight is 599 g/mol. The number of aliphatic carboxylic acids is 1. The minimum atomic E-state index is -0.871. The monoisotopic (exact) mass is 597 g/mol. The van der Waals surface area contributed by atoms with Crippen molar-refractivity contribution < 1.29 is 43.3 Å².